The molecule has 0 aliphatic carbocycles. The van der Waals surface area contributed by atoms with E-state index in [1.165, 1.54) is 21.3 Å². The summed E-state index contributed by atoms with van der Waals surface area (Å²) in [6, 6.07) is 6.34. The molecule has 1 saturated heterocycles. The lowest BCUT2D eigenvalue weighted by Crippen LogP contribution is -3.16. The van der Waals surface area contributed by atoms with Gasteiger partial charge in [-0.05, 0) is 38.1 Å². The molecule has 1 aromatic rings. The van der Waals surface area contributed by atoms with Gasteiger partial charge in [-0.1, -0.05) is 13.8 Å². The minimum Gasteiger partial charge on any atom is -0.364 e. The Hall–Kier alpha value is -1.48. The molecule has 1 heterocycles. The molecule has 146 valence electrons. The van der Waals surface area contributed by atoms with Crippen molar-refractivity contribution >= 4 is 21.6 Å². The highest BCUT2D eigenvalue weighted by atomic mass is 32.2. The first-order chi connectivity index (χ1) is 12.3. The maximum absolute atomic E-state index is 12.5. The first kappa shape index (κ1) is 20.8. The maximum Gasteiger partial charge on any atom is 0.279 e. The zero-order valence-electron chi connectivity index (χ0n) is 16.0. The molecule has 7 nitrogen and oxygen atoms in total. The van der Waals surface area contributed by atoms with E-state index in [2.05, 4.69) is 5.32 Å². The van der Waals surface area contributed by atoms with Gasteiger partial charge in [-0.25, -0.2) is 8.42 Å². The fraction of sp³-hybridized carbons (Fsp3) is 0.611. The predicted octanol–water partition coefficient (Wildman–Crippen LogP) is 0.348. The fourth-order valence-electron chi connectivity index (χ4n) is 3.39. The number of rotatable bonds is 7. The second-order valence-corrected chi connectivity index (χ2v) is 8.69. The van der Waals surface area contributed by atoms with Crippen LogP contribution in [0.2, 0.25) is 0 Å². The van der Waals surface area contributed by atoms with Crippen LogP contribution in [0.25, 0.3) is 0 Å². The van der Waals surface area contributed by atoms with Gasteiger partial charge in [0.15, 0.2) is 6.54 Å². The highest BCUT2D eigenvalue weighted by Crippen LogP contribution is 2.18. The van der Waals surface area contributed by atoms with Crippen LogP contribution in [0.4, 0.5) is 5.69 Å². The van der Waals surface area contributed by atoms with Gasteiger partial charge in [0.05, 0.1) is 4.90 Å². The Kier molecular flexibility index (Phi) is 7.16. The van der Waals surface area contributed by atoms with Crippen LogP contribution < -0.4 is 10.2 Å². The molecule has 8 heteroatoms. The highest BCUT2D eigenvalue weighted by Gasteiger charge is 2.27. The van der Waals surface area contributed by atoms with Gasteiger partial charge < -0.3 is 15.0 Å². The average molecular weight is 385 g/mol. The van der Waals surface area contributed by atoms with Gasteiger partial charge in [0.25, 0.3) is 5.91 Å². The zero-order chi connectivity index (χ0) is 19.3. The molecule has 2 N–H and O–H groups in total. The third-order valence-corrected chi connectivity index (χ3v) is 6.57. The van der Waals surface area contributed by atoms with Gasteiger partial charge in [0.2, 0.25) is 10.0 Å². The Morgan fingerprint density at radius 2 is 1.69 bits per heavy atom. The lowest BCUT2D eigenvalue weighted by Gasteiger charge is -2.31. The number of amides is 1. The van der Waals surface area contributed by atoms with Gasteiger partial charge in [-0.2, -0.15) is 4.31 Å². The SMILES string of the molecule is CCN(CC)S(=O)(=O)c1ccc(NC(=O)C[NH+]2C[C@@H](C)O[C@H](C)C2)cc1. The third-order valence-electron chi connectivity index (χ3n) is 4.51. The van der Waals surface area contributed by atoms with Crippen molar-refractivity contribution in [2.45, 2.75) is 44.8 Å². The van der Waals surface area contributed by atoms with E-state index < -0.39 is 10.0 Å². The third kappa shape index (κ3) is 5.26. The molecular formula is C18H30N3O4S+. The summed E-state index contributed by atoms with van der Waals surface area (Å²) in [7, 11) is -3.48. The van der Waals surface area contributed by atoms with Crippen LogP contribution >= 0.6 is 0 Å². The molecule has 1 aliphatic rings. The van der Waals surface area contributed by atoms with E-state index in [1.54, 1.807) is 12.1 Å². The lowest BCUT2D eigenvalue weighted by atomic mass is 10.2. The maximum atomic E-state index is 12.5. The Morgan fingerprint density at radius 3 is 2.19 bits per heavy atom. The molecule has 0 unspecified atom stereocenters. The number of hydrogen-bond donors (Lipinski definition) is 2. The van der Waals surface area contributed by atoms with Gasteiger partial charge in [0.1, 0.15) is 25.3 Å². The van der Waals surface area contributed by atoms with E-state index in [0.717, 1.165) is 13.1 Å². The molecule has 2 rings (SSSR count). The van der Waals surface area contributed by atoms with Crippen LogP contribution in [-0.2, 0) is 19.6 Å². The molecule has 26 heavy (non-hydrogen) atoms. The molecule has 0 aromatic heterocycles. The molecule has 2 atom stereocenters. The molecule has 1 amide bonds. The number of hydrogen-bond acceptors (Lipinski definition) is 4. The number of sulfonamides is 1. The number of nitrogens with one attached hydrogen (secondary N) is 2. The Morgan fingerprint density at radius 1 is 1.15 bits per heavy atom. The number of carbonyl (C=O) groups excluding carboxylic acids is 1. The number of carbonyl (C=O) groups is 1. The number of quaternary nitrogens is 1. The average Bonchev–Trinajstić information content (AvgIpc) is 2.55. The monoisotopic (exact) mass is 384 g/mol. The Labute approximate surface area is 156 Å². The normalized spacial score (nSPS) is 23.8. The minimum atomic E-state index is -3.48. The standard InChI is InChI=1S/C18H29N3O4S/c1-5-21(6-2)26(23,24)17-9-7-16(8-10-17)19-18(22)13-20-11-14(3)25-15(4)12-20/h7-10,14-15H,5-6,11-13H2,1-4H3,(H,19,22)/p+1/t14-,15-/m1/s1. The van der Waals surface area contributed by atoms with Crippen molar-refractivity contribution in [3.8, 4) is 0 Å². The number of anilines is 1. The predicted molar refractivity (Wildman–Crippen MR) is 101 cm³/mol. The molecular weight excluding hydrogens is 354 g/mol. The number of ether oxygens (including phenoxy) is 1. The van der Waals surface area contributed by atoms with E-state index in [4.69, 9.17) is 4.74 Å². The number of morpholine rings is 1. The lowest BCUT2D eigenvalue weighted by molar-refractivity contribution is -0.907. The molecule has 0 bridgehead atoms. The van der Waals surface area contributed by atoms with E-state index in [9.17, 15) is 13.2 Å². The second kappa shape index (κ2) is 8.94. The molecule has 0 radical (unpaired) electrons. The van der Waals surface area contributed by atoms with Crippen LogP contribution in [0.1, 0.15) is 27.7 Å². The first-order valence-electron chi connectivity index (χ1n) is 9.15. The first-order valence-corrected chi connectivity index (χ1v) is 10.6. The van der Waals surface area contributed by atoms with Crippen LogP contribution in [-0.4, -0.2) is 63.6 Å². The molecule has 1 aromatic carbocycles. The Bertz CT molecular complexity index is 692. The summed E-state index contributed by atoms with van der Waals surface area (Å²) in [5.41, 5.74) is 0.599. The van der Waals surface area contributed by atoms with Crippen LogP contribution in [0, 0.1) is 0 Å². The Balaban J connectivity index is 1.97. The topological polar surface area (TPSA) is 80.2 Å². The minimum absolute atomic E-state index is 0.0827. The quantitative estimate of drug-likeness (QED) is 0.711. The van der Waals surface area contributed by atoms with Crippen molar-refractivity contribution in [2.24, 2.45) is 0 Å². The summed E-state index contributed by atoms with van der Waals surface area (Å²) < 4.78 is 32.0. The van der Waals surface area contributed by atoms with Gasteiger partial charge >= 0.3 is 0 Å². The van der Waals surface area contributed by atoms with E-state index in [1.807, 2.05) is 27.7 Å². The largest absolute Gasteiger partial charge is 0.364 e. The summed E-state index contributed by atoms with van der Waals surface area (Å²) in [5.74, 6) is -0.0827. The summed E-state index contributed by atoms with van der Waals surface area (Å²) >= 11 is 0. The highest BCUT2D eigenvalue weighted by molar-refractivity contribution is 7.89. The van der Waals surface area contributed by atoms with Crippen molar-refractivity contribution in [3.05, 3.63) is 24.3 Å². The molecule has 1 aliphatic heterocycles. The van der Waals surface area contributed by atoms with Crippen molar-refractivity contribution in [1.29, 1.82) is 0 Å². The van der Waals surface area contributed by atoms with Crippen LogP contribution in [0.15, 0.2) is 29.2 Å². The van der Waals surface area contributed by atoms with Gasteiger partial charge in [-0.3, -0.25) is 4.79 Å². The van der Waals surface area contributed by atoms with Crippen molar-refractivity contribution in [2.75, 3.05) is 38.0 Å². The molecule has 0 spiro atoms. The smallest absolute Gasteiger partial charge is 0.279 e. The zero-order valence-corrected chi connectivity index (χ0v) is 16.8. The van der Waals surface area contributed by atoms with Crippen molar-refractivity contribution in [1.82, 2.24) is 4.31 Å². The van der Waals surface area contributed by atoms with Crippen LogP contribution in [0.5, 0.6) is 0 Å². The van der Waals surface area contributed by atoms with E-state index in [-0.39, 0.29) is 23.0 Å². The summed E-state index contributed by atoms with van der Waals surface area (Å²) in [6.07, 6.45) is 0.289. The second-order valence-electron chi connectivity index (χ2n) is 6.75. The van der Waals surface area contributed by atoms with E-state index >= 15 is 0 Å². The number of benzene rings is 1. The molecule has 0 saturated carbocycles. The summed E-state index contributed by atoms with van der Waals surface area (Å²) in [5, 5.41) is 2.85. The number of nitrogens with zero attached hydrogens (tertiary/aromatic N) is 1. The van der Waals surface area contributed by atoms with E-state index in [0.29, 0.717) is 25.3 Å². The summed E-state index contributed by atoms with van der Waals surface area (Å²) in [4.78, 5) is 13.7. The molecule has 1 fully saturated rings. The van der Waals surface area contributed by atoms with Crippen molar-refractivity contribution < 1.29 is 22.8 Å². The summed E-state index contributed by atoms with van der Waals surface area (Å²) in [6.45, 7) is 10.5. The van der Waals surface area contributed by atoms with Crippen LogP contribution in [0.3, 0.4) is 0 Å². The van der Waals surface area contributed by atoms with Gasteiger partial charge in [0, 0.05) is 18.8 Å². The van der Waals surface area contributed by atoms with Gasteiger partial charge in [-0.15, -0.1) is 0 Å². The van der Waals surface area contributed by atoms with Crippen molar-refractivity contribution in [3.63, 3.8) is 0 Å². The fourth-order valence-corrected chi connectivity index (χ4v) is 4.85.